The van der Waals surface area contributed by atoms with Crippen LogP contribution in [0.3, 0.4) is 0 Å². The van der Waals surface area contributed by atoms with Gasteiger partial charge in [0.25, 0.3) is 5.91 Å². The van der Waals surface area contributed by atoms with Gasteiger partial charge >= 0.3 is 0 Å². The van der Waals surface area contributed by atoms with E-state index in [-0.39, 0.29) is 22.8 Å². The summed E-state index contributed by atoms with van der Waals surface area (Å²) in [5, 5.41) is 2.90. The van der Waals surface area contributed by atoms with Crippen molar-refractivity contribution >= 4 is 33.4 Å². The number of carbonyl (C=O) groups is 1. The number of alkyl halides is 1. The normalized spacial score (nSPS) is 23.1. The Kier molecular flexibility index (Phi) is 5.22. The van der Waals surface area contributed by atoms with E-state index in [1.807, 2.05) is 0 Å². The molecule has 1 saturated carbocycles. The molecule has 1 aromatic rings. The van der Waals surface area contributed by atoms with Gasteiger partial charge in [-0.05, 0) is 46.8 Å². The molecule has 0 spiro atoms. The van der Waals surface area contributed by atoms with E-state index in [0.717, 1.165) is 25.7 Å². The van der Waals surface area contributed by atoms with Crippen LogP contribution in [0.4, 0.5) is 4.39 Å². The first-order valence-electron chi connectivity index (χ1n) is 6.46. The van der Waals surface area contributed by atoms with Crippen LogP contribution in [0.1, 0.15) is 36.0 Å². The molecule has 2 unspecified atom stereocenters. The molecule has 0 bridgehead atoms. The number of hydrogen-bond donors (Lipinski definition) is 1. The fraction of sp³-hybridized carbons (Fsp3) is 0.500. The zero-order valence-electron chi connectivity index (χ0n) is 10.5. The fourth-order valence-corrected chi connectivity index (χ4v) is 3.13. The standard InChI is InChI=1S/C14H16BrClFNO/c15-11-6-3-5-10(13(11)17)14(19)18-8-9-4-1-2-7-12(9)16/h3,5-6,9,12H,1-2,4,7-8H2,(H,18,19). The number of halogens is 3. The van der Waals surface area contributed by atoms with Crippen molar-refractivity contribution in [2.24, 2.45) is 5.92 Å². The van der Waals surface area contributed by atoms with Crippen LogP contribution in [0.2, 0.25) is 0 Å². The highest BCUT2D eigenvalue weighted by Gasteiger charge is 2.24. The first kappa shape index (κ1) is 14.8. The Labute approximate surface area is 125 Å². The number of amides is 1. The lowest BCUT2D eigenvalue weighted by atomic mass is 9.88. The van der Waals surface area contributed by atoms with E-state index in [1.165, 1.54) is 6.07 Å². The van der Waals surface area contributed by atoms with E-state index in [9.17, 15) is 9.18 Å². The van der Waals surface area contributed by atoms with E-state index in [4.69, 9.17) is 11.6 Å². The molecular formula is C14H16BrClFNO. The lowest BCUT2D eigenvalue weighted by Crippen LogP contribution is -2.35. The Morgan fingerprint density at radius 2 is 2.16 bits per heavy atom. The molecular weight excluding hydrogens is 333 g/mol. The van der Waals surface area contributed by atoms with Crippen LogP contribution in [0.5, 0.6) is 0 Å². The number of nitrogens with one attached hydrogen (secondary N) is 1. The maximum Gasteiger partial charge on any atom is 0.254 e. The average molecular weight is 349 g/mol. The Morgan fingerprint density at radius 1 is 1.42 bits per heavy atom. The molecule has 0 heterocycles. The summed E-state index contributed by atoms with van der Waals surface area (Å²) < 4.78 is 14.1. The molecule has 1 aliphatic carbocycles. The number of benzene rings is 1. The Hall–Kier alpha value is -0.610. The SMILES string of the molecule is O=C(NCC1CCCCC1Cl)c1cccc(Br)c1F. The minimum Gasteiger partial charge on any atom is -0.352 e. The quantitative estimate of drug-likeness (QED) is 0.818. The molecule has 0 saturated heterocycles. The summed E-state index contributed by atoms with van der Waals surface area (Å²) in [6, 6.07) is 4.70. The molecule has 0 radical (unpaired) electrons. The van der Waals surface area contributed by atoms with Crippen LogP contribution in [-0.4, -0.2) is 17.8 Å². The van der Waals surface area contributed by atoms with Crippen LogP contribution in [0.15, 0.2) is 22.7 Å². The van der Waals surface area contributed by atoms with Crippen molar-refractivity contribution < 1.29 is 9.18 Å². The van der Waals surface area contributed by atoms with E-state index < -0.39 is 5.82 Å². The van der Waals surface area contributed by atoms with Gasteiger partial charge in [-0.3, -0.25) is 4.79 Å². The van der Waals surface area contributed by atoms with Gasteiger partial charge in [0.05, 0.1) is 10.0 Å². The molecule has 0 aromatic heterocycles. The Morgan fingerprint density at radius 3 is 2.89 bits per heavy atom. The predicted octanol–water partition coefficient (Wildman–Crippen LogP) is 4.12. The summed E-state index contributed by atoms with van der Waals surface area (Å²) in [5.41, 5.74) is 0.0660. The van der Waals surface area contributed by atoms with Gasteiger partial charge in [0.1, 0.15) is 5.82 Å². The van der Waals surface area contributed by atoms with E-state index in [0.29, 0.717) is 11.0 Å². The van der Waals surface area contributed by atoms with Crippen molar-refractivity contribution in [3.05, 3.63) is 34.1 Å². The predicted molar refractivity (Wildman–Crippen MR) is 78.0 cm³/mol. The minimum absolute atomic E-state index is 0.0660. The molecule has 2 atom stereocenters. The van der Waals surface area contributed by atoms with E-state index in [1.54, 1.807) is 12.1 Å². The third-order valence-electron chi connectivity index (χ3n) is 3.54. The van der Waals surface area contributed by atoms with Crippen LogP contribution in [0.25, 0.3) is 0 Å². The van der Waals surface area contributed by atoms with Crippen molar-refractivity contribution in [1.82, 2.24) is 5.32 Å². The van der Waals surface area contributed by atoms with Gasteiger partial charge in [0.15, 0.2) is 0 Å². The van der Waals surface area contributed by atoms with Crippen molar-refractivity contribution in [3.63, 3.8) is 0 Å². The summed E-state index contributed by atoms with van der Waals surface area (Å²) in [4.78, 5) is 12.0. The van der Waals surface area contributed by atoms with Gasteiger partial charge in [-0.2, -0.15) is 0 Å². The van der Waals surface area contributed by atoms with E-state index in [2.05, 4.69) is 21.2 Å². The van der Waals surface area contributed by atoms with Crippen molar-refractivity contribution in [3.8, 4) is 0 Å². The summed E-state index contributed by atoms with van der Waals surface area (Å²) in [7, 11) is 0. The summed E-state index contributed by atoms with van der Waals surface area (Å²) >= 11 is 9.31. The molecule has 1 N–H and O–H groups in total. The zero-order valence-corrected chi connectivity index (χ0v) is 12.8. The van der Waals surface area contributed by atoms with Crippen LogP contribution in [-0.2, 0) is 0 Å². The van der Waals surface area contributed by atoms with Gasteiger partial charge in [-0.15, -0.1) is 11.6 Å². The monoisotopic (exact) mass is 347 g/mol. The van der Waals surface area contributed by atoms with Gasteiger partial charge in [-0.1, -0.05) is 18.9 Å². The van der Waals surface area contributed by atoms with Gasteiger partial charge < -0.3 is 5.32 Å². The third-order valence-corrected chi connectivity index (χ3v) is 4.72. The van der Waals surface area contributed by atoms with Gasteiger partial charge in [0, 0.05) is 11.9 Å². The molecule has 1 aromatic carbocycles. The highest BCUT2D eigenvalue weighted by atomic mass is 79.9. The molecule has 5 heteroatoms. The molecule has 1 amide bonds. The molecule has 2 rings (SSSR count). The first-order valence-corrected chi connectivity index (χ1v) is 7.69. The second kappa shape index (κ2) is 6.71. The van der Waals surface area contributed by atoms with Crippen LogP contribution < -0.4 is 5.32 Å². The number of carbonyl (C=O) groups excluding carboxylic acids is 1. The summed E-state index contributed by atoms with van der Waals surface area (Å²) in [6.07, 6.45) is 4.32. The summed E-state index contributed by atoms with van der Waals surface area (Å²) in [6.45, 7) is 0.513. The van der Waals surface area contributed by atoms with Crippen molar-refractivity contribution in [2.45, 2.75) is 31.1 Å². The first-order chi connectivity index (χ1) is 9.09. The Balaban J connectivity index is 1.95. The summed E-state index contributed by atoms with van der Waals surface area (Å²) in [5.74, 6) is -0.617. The molecule has 1 aliphatic rings. The van der Waals surface area contributed by atoms with E-state index >= 15 is 0 Å². The lowest BCUT2D eigenvalue weighted by molar-refractivity contribution is 0.0940. The highest BCUT2D eigenvalue weighted by molar-refractivity contribution is 9.10. The molecule has 19 heavy (non-hydrogen) atoms. The largest absolute Gasteiger partial charge is 0.352 e. The maximum atomic E-state index is 13.8. The zero-order chi connectivity index (χ0) is 13.8. The maximum absolute atomic E-state index is 13.8. The van der Waals surface area contributed by atoms with Crippen LogP contribution >= 0.6 is 27.5 Å². The number of hydrogen-bond acceptors (Lipinski definition) is 1. The Bertz CT molecular complexity index is 469. The average Bonchev–Trinajstić information content (AvgIpc) is 2.40. The molecule has 104 valence electrons. The van der Waals surface area contributed by atoms with Gasteiger partial charge in [0.2, 0.25) is 0 Å². The smallest absolute Gasteiger partial charge is 0.254 e. The van der Waals surface area contributed by atoms with Crippen molar-refractivity contribution in [1.29, 1.82) is 0 Å². The third kappa shape index (κ3) is 3.69. The molecule has 2 nitrogen and oxygen atoms in total. The minimum atomic E-state index is -0.522. The molecule has 1 fully saturated rings. The second-order valence-corrected chi connectivity index (χ2v) is 6.29. The fourth-order valence-electron chi connectivity index (χ4n) is 2.39. The van der Waals surface area contributed by atoms with Crippen LogP contribution in [0, 0.1) is 11.7 Å². The highest BCUT2D eigenvalue weighted by Crippen LogP contribution is 2.28. The second-order valence-electron chi connectivity index (χ2n) is 4.87. The number of rotatable bonds is 3. The lowest BCUT2D eigenvalue weighted by Gasteiger charge is -2.27. The van der Waals surface area contributed by atoms with Gasteiger partial charge in [-0.25, -0.2) is 4.39 Å². The van der Waals surface area contributed by atoms with Crippen molar-refractivity contribution in [2.75, 3.05) is 6.54 Å². The topological polar surface area (TPSA) is 29.1 Å². The molecule has 0 aliphatic heterocycles.